The topological polar surface area (TPSA) is 137 Å². The maximum absolute atomic E-state index is 12.6. The number of rotatable bonds is 10. The number of aryl methyl sites for hydroxylation is 3. The minimum absolute atomic E-state index is 0.0663. The number of nitrogens with one attached hydrogen (secondary N) is 1. The number of aromatic nitrogens is 3. The van der Waals surface area contributed by atoms with Crippen LogP contribution in [0, 0.1) is 6.92 Å². The van der Waals surface area contributed by atoms with Crippen LogP contribution >= 0.6 is 0 Å². The van der Waals surface area contributed by atoms with Crippen molar-refractivity contribution in [2.45, 2.75) is 43.6 Å². The Kier molecular flexibility index (Phi) is 6.94. The molecule has 0 saturated carbocycles. The summed E-state index contributed by atoms with van der Waals surface area (Å²) >= 11 is 0. The van der Waals surface area contributed by atoms with Crippen LogP contribution in [-0.4, -0.2) is 40.6 Å². The fourth-order valence-corrected chi connectivity index (χ4v) is 5.73. The fourth-order valence-electron chi connectivity index (χ4n) is 4.69. The zero-order valence-electron chi connectivity index (χ0n) is 21.0. The van der Waals surface area contributed by atoms with Gasteiger partial charge in [-0.05, 0) is 67.1 Å². The van der Waals surface area contributed by atoms with Gasteiger partial charge in [-0.25, -0.2) is 9.97 Å². The van der Waals surface area contributed by atoms with E-state index < -0.39 is 16.0 Å². The number of carbonyl (C=O) groups is 1. The zero-order valence-corrected chi connectivity index (χ0v) is 21.9. The average molecular weight is 537 g/mol. The van der Waals surface area contributed by atoms with Gasteiger partial charge in [-0.1, -0.05) is 12.1 Å². The summed E-state index contributed by atoms with van der Waals surface area (Å²) < 4.78 is 41.2. The molecule has 2 N–H and O–H groups in total. The summed E-state index contributed by atoms with van der Waals surface area (Å²) in [5, 5.41) is 9.04. The third kappa shape index (κ3) is 5.57. The first kappa shape index (κ1) is 25.5. The highest BCUT2D eigenvalue weighted by Gasteiger charge is 2.25. The molecule has 2 aromatic carbocycles. The van der Waals surface area contributed by atoms with Crippen molar-refractivity contribution in [3.8, 4) is 17.2 Å². The standard InChI is InChI=1S/C27H28N4O6S/c1-17-24(10-11-36-22-8-9-23-18(13-22)6-7-19(23)14-26(32)33)29-27(37-17)20-4-3-5-21(12-20)30-38(34,35)25-15-31(2)16-28-25/h3-5,8-9,12-13,15-16,19,30H,6-7,10-11,14H2,1-2H3,(H,32,33)/t19-/m0/s1. The first-order valence-corrected chi connectivity index (χ1v) is 13.7. The molecule has 2 heterocycles. The Balaban J connectivity index is 1.22. The fraction of sp³-hybridized carbons (Fsp3) is 0.296. The van der Waals surface area contributed by atoms with Crippen LogP contribution in [0.3, 0.4) is 0 Å². The Hall–Kier alpha value is -4.12. The van der Waals surface area contributed by atoms with Crippen molar-refractivity contribution in [3.63, 3.8) is 0 Å². The van der Waals surface area contributed by atoms with E-state index in [0.29, 0.717) is 35.9 Å². The van der Waals surface area contributed by atoms with Crippen LogP contribution in [-0.2, 0) is 34.7 Å². The molecule has 4 aromatic rings. The number of hydrogen-bond donors (Lipinski definition) is 2. The van der Waals surface area contributed by atoms with Crippen LogP contribution in [0.25, 0.3) is 11.5 Å². The molecule has 1 aliphatic carbocycles. The Labute approximate surface area is 220 Å². The van der Waals surface area contributed by atoms with Crippen LogP contribution in [0.15, 0.2) is 64.4 Å². The lowest BCUT2D eigenvalue weighted by molar-refractivity contribution is -0.137. The molecular formula is C27H28N4O6S. The molecule has 5 rings (SSSR count). The van der Waals surface area contributed by atoms with Crippen molar-refractivity contribution in [2.75, 3.05) is 11.3 Å². The number of oxazole rings is 1. The maximum Gasteiger partial charge on any atom is 0.303 e. The minimum Gasteiger partial charge on any atom is -0.493 e. The van der Waals surface area contributed by atoms with E-state index in [2.05, 4.69) is 14.7 Å². The number of benzene rings is 2. The van der Waals surface area contributed by atoms with Crippen molar-refractivity contribution in [3.05, 3.63) is 77.6 Å². The van der Waals surface area contributed by atoms with E-state index in [4.69, 9.17) is 14.3 Å². The molecule has 0 unspecified atom stereocenters. The van der Waals surface area contributed by atoms with Gasteiger partial charge in [-0.2, -0.15) is 8.42 Å². The Morgan fingerprint density at radius 1 is 1.26 bits per heavy atom. The highest BCUT2D eigenvalue weighted by molar-refractivity contribution is 7.92. The summed E-state index contributed by atoms with van der Waals surface area (Å²) in [5.74, 6) is 1.08. The molecule has 0 saturated heterocycles. The largest absolute Gasteiger partial charge is 0.493 e. The highest BCUT2D eigenvalue weighted by Crippen LogP contribution is 2.37. The first-order chi connectivity index (χ1) is 18.2. The van der Waals surface area contributed by atoms with Gasteiger partial charge in [0, 0.05) is 30.9 Å². The monoisotopic (exact) mass is 536 g/mol. The molecule has 10 nitrogen and oxygen atoms in total. The molecule has 11 heteroatoms. The Morgan fingerprint density at radius 3 is 2.87 bits per heavy atom. The molecule has 38 heavy (non-hydrogen) atoms. The van der Waals surface area contributed by atoms with Crippen LogP contribution in [0.4, 0.5) is 5.69 Å². The third-order valence-electron chi connectivity index (χ3n) is 6.56. The number of anilines is 1. The predicted octanol–water partition coefficient (Wildman–Crippen LogP) is 4.31. The zero-order chi connectivity index (χ0) is 26.9. The second-order valence-corrected chi connectivity index (χ2v) is 11.0. The molecule has 1 aliphatic rings. The van der Waals surface area contributed by atoms with E-state index in [1.54, 1.807) is 35.9 Å². The van der Waals surface area contributed by atoms with Gasteiger partial charge < -0.3 is 18.8 Å². The summed E-state index contributed by atoms with van der Waals surface area (Å²) in [6.45, 7) is 2.23. The van der Waals surface area contributed by atoms with Gasteiger partial charge in [0.05, 0.1) is 25.0 Å². The number of aliphatic carboxylic acids is 1. The minimum atomic E-state index is -3.82. The lowest BCUT2D eigenvalue weighted by atomic mass is 9.98. The number of carboxylic acid groups (broad SMARTS) is 1. The molecule has 198 valence electrons. The summed E-state index contributed by atoms with van der Waals surface area (Å²) in [7, 11) is -2.12. The number of sulfonamides is 1. The summed E-state index contributed by atoms with van der Waals surface area (Å²) in [6, 6.07) is 12.7. The molecule has 2 aromatic heterocycles. The molecule has 0 aliphatic heterocycles. The predicted molar refractivity (Wildman–Crippen MR) is 140 cm³/mol. The molecule has 1 atom stereocenters. The highest BCUT2D eigenvalue weighted by atomic mass is 32.2. The Morgan fingerprint density at radius 2 is 2.11 bits per heavy atom. The normalized spacial score (nSPS) is 14.8. The molecule has 0 bridgehead atoms. The van der Waals surface area contributed by atoms with Crippen molar-refractivity contribution >= 4 is 21.7 Å². The quantitative estimate of drug-likeness (QED) is 0.306. The number of nitrogens with zero attached hydrogens (tertiary/aromatic N) is 3. The van der Waals surface area contributed by atoms with Gasteiger partial charge in [-0.15, -0.1) is 0 Å². The van der Waals surface area contributed by atoms with Crippen LogP contribution in [0.5, 0.6) is 5.75 Å². The van der Waals surface area contributed by atoms with E-state index in [0.717, 1.165) is 35.4 Å². The second kappa shape index (κ2) is 10.3. The lowest BCUT2D eigenvalue weighted by Crippen LogP contribution is -2.13. The number of hydrogen-bond acceptors (Lipinski definition) is 7. The first-order valence-electron chi connectivity index (χ1n) is 12.2. The number of carboxylic acids is 1. The van der Waals surface area contributed by atoms with Gasteiger partial charge in [0.1, 0.15) is 11.5 Å². The van der Waals surface area contributed by atoms with E-state index in [1.165, 1.54) is 12.5 Å². The van der Waals surface area contributed by atoms with Gasteiger partial charge in [0.2, 0.25) is 5.89 Å². The van der Waals surface area contributed by atoms with Crippen molar-refractivity contribution in [2.24, 2.45) is 7.05 Å². The number of imidazole rings is 1. The van der Waals surface area contributed by atoms with E-state index >= 15 is 0 Å². The van der Waals surface area contributed by atoms with Gasteiger partial charge >= 0.3 is 5.97 Å². The molecule has 0 spiro atoms. The van der Waals surface area contributed by atoms with E-state index in [-0.39, 0.29) is 17.4 Å². The van der Waals surface area contributed by atoms with E-state index in [1.807, 2.05) is 25.1 Å². The van der Waals surface area contributed by atoms with Crippen LogP contribution in [0.2, 0.25) is 0 Å². The molecule has 0 radical (unpaired) electrons. The Bertz CT molecular complexity index is 1590. The van der Waals surface area contributed by atoms with Crippen LogP contribution in [0.1, 0.15) is 41.3 Å². The van der Waals surface area contributed by atoms with Gasteiger partial charge in [-0.3, -0.25) is 9.52 Å². The van der Waals surface area contributed by atoms with Crippen molar-refractivity contribution < 1.29 is 27.5 Å². The summed E-state index contributed by atoms with van der Waals surface area (Å²) in [6.07, 6.45) is 5.23. The van der Waals surface area contributed by atoms with Crippen LogP contribution < -0.4 is 9.46 Å². The van der Waals surface area contributed by atoms with E-state index in [9.17, 15) is 13.2 Å². The average Bonchev–Trinajstić information content (AvgIpc) is 3.58. The maximum atomic E-state index is 12.6. The molecule has 0 amide bonds. The van der Waals surface area contributed by atoms with Gasteiger partial charge in [0.15, 0.2) is 5.03 Å². The summed E-state index contributed by atoms with van der Waals surface area (Å²) in [5.41, 5.74) is 4.00. The SMILES string of the molecule is Cc1oc(-c2cccc(NS(=O)(=O)c3cn(C)cn3)c2)nc1CCOc1ccc2c(c1)CC[C@H]2CC(=O)O. The van der Waals surface area contributed by atoms with Crippen molar-refractivity contribution in [1.82, 2.24) is 14.5 Å². The second-order valence-electron chi connectivity index (χ2n) is 9.38. The molecular weight excluding hydrogens is 508 g/mol. The third-order valence-corrected chi connectivity index (χ3v) is 7.82. The number of fused-ring (bicyclic) bond motifs is 1. The number of ether oxygens (including phenoxy) is 1. The molecule has 0 fully saturated rings. The summed E-state index contributed by atoms with van der Waals surface area (Å²) in [4.78, 5) is 19.6. The smallest absolute Gasteiger partial charge is 0.303 e. The van der Waals surface area contributed by atoms with Crippen molar-refractivity contribution in [1.29, 1.82) is 0 Å². The van der Waals surface area contributed by atoms with Gasteiger partial charge in [0.25, 0.3) is 10.0 Å². The lowest BCUT2D eigenvalue weighted by Gasteiger charge is -2.10.